The van der Waals surface area contributed by atoms with Crippen LogP contribution in [0.3, 0.4) is 0 Å². The second-order valence-corrected chi connectivity index (χ2v) is 6.94. The van der Waals surface area contributed by atoms with Crippen molar-refractivity contribution >= 4 is 35.9 Å². The molecule has 1 aliphatic heterocycles. The van der Waals surface area contributed by atoms with E-state index < -0.39 is 0 Å². The molecule has 4 nitrogen and oxygen atoms in total. The van der Waals surface area contributed by atoms with Crippen LogP contribution in [0.2, 0.25) is 0 Å². The molecular formula is C25H24ClN3O. The molecule has 0 radical (unpaired) electrons. The first-order valence-electron chi connectivity index (χ1n) is 9.77. The predicted molar refractivity (Wildman–Crippen MR) is 127 cm³/mol. The number of rotatable bonds is 6. The Morgan fingerprint density at radius 3 is 2.27 bits per heavy atom. The van der Waals surface area contributed by atoms with Gasteiger partial charge in [-0.15, -0.1) is 12.4 Å². The van der Waals surface area contributed by atoms with Crippen LogP contribution < -0.4 is 10.6 Å². The van der Waals surface area contributed by atoms with Gasteiger partial charge in [-0.25, -0.2) is 0 Å². The molecule has 0 atom stereocenters. The lowest BCUT2D eigenvalue weighted by Gasteiger charge is -2.07. The number of carbonyl (C=O) groups is 1. The number of halogens is 1. The Morgan fingerprint density at radius 2 is 1.60 bits per heavy atom. The van der Waals surface area contributed by atoms with E-state index in [0.717, 1.165) is 41.3 Å². The summed E-state index contributed by atoms with van der Waals surface area (Å²) < 4.78 is 0. The largest absolute Gasteiger partial charge is 0.369 e. The molecule has 0 saturated carbocycles. The Kier molecular flexibility index (Phi) is 7.41. The van der Waals surface area contributed by atoms with Crippen molar-refractivity contribution in [3.63, 3.8) is 0 Å². The van der Waals surface area contributed by atoms with Gasteiger partial charge >= 0.3 is 0 Å². The van der Waals surface area contributed by atoms with E-state index in [2.05, 4.69) is 39.9 Å². The van der Waals surface area contributed by atoms with E-state index in [4.69, 9.17) is 0 Å². The van der Waals surface area contributed by atoms with Gasteiger partial charge in [-0.05, 0) is 40.5 Å². The van der Waals surface area contributed by atoms with E-state index in [-0.39, 0.29) is 18.3 Å². The molecule has 0 aliphatic carbocycles. The predicted octanol–water partition coefficient (Wildman–Crippen LogP) is 4.97. The number of anilines is 1. The van der Waals surface area contributed by atoms with Crippen molar-refractivity contribution in [2.24, 2.45) is 4.99 Å². The minimum atomic E-state index is -0.0229. The van der Waals surface area contributed by atoms with E-state index in [1.54, 1.807) is 0 Å². The van der Waals surface area contributed by atoms with Gasteiger partial charge in [0, 0.05) is 12.2 Å². The molecular weight excluding hydrogens is 394 g/mol. The molecule has 5 heteroatoms. The highest BCUT2D eigenvalue weighted by Crippen LogP contribution is 2.19. The van der Waals surface area contributed by atoms with Crippen LogP contribution in [0, 0.1) is 0 Å². The zero-order valence-electron chi connectivity index (χ0n) is 16.5. The molecule has 0 fully saturated rings. The molecule has 0 bridgehead atoms. The maximum Gasteiger partial charge on any atom is 0.228 e. The highest BCUT2D eigenvalue weighted by atomic mass is 35.5. The summed E-state index contributed by atoms with van der Waals surface area (Å²) in [5.41, 5.74) is 5.18. The van der Waals surface area contributed by atoms with Gasteiger partial charge in [0.1, 0.15) is 5.84 Å². The number of amides is 1. The Labute approximate surface area is 183 Å². The number of hydrogen-bond donors (Lipinski definition) is 2. The van der Waals surface area contributed by atoms with Crippen molar-refractivity contribution in [1.29, 1.82) is 0 Å². The first-order chi connectivity index (χ1) is 14.3. The smallest absolute Gasteiger partial charge is 0.228 e. The third-order valence-electron chi connectivity index (χ3n) is 4.75. The number of hydrogen-bond acceptors (Lipinski definition) is 3. The zero-order valence-corrected chi connectivity index (χ0v) is 17.4. The maximum atomic E-state index is 12.4. The normalized spacial score (nSPS) is 12.7. The average molecular weight is 418 g/mol. The number of nitrogens with zero attached hydrogens (tertiary/aromatic N) is 1. The van der Waals surface area contributed by atoms with Crippen molar-refractivity contribution < 1.29 is 4.79 Å². The number of amidine groups is 1. The summed E-state index contributed by atoms with van der Waals surface area (Å²) in [6.07, 6.45) is 4.33. The molecule has 1 amide bonds. The van der Waals surface area contributed by atoms with Gasteiger partial charge in [-0.2, -0.15) is 0 Å². The minimum absolute atomic E-state index is 0. The topological polar surface area (TPSA) is 53.5 Å². The Hall–Kier alpha value is -3.37. The summed E-state index contributed by atoms with van der Waals surface area (Å²) in [7, 11) is 0. The lowest BCUT2D eigenvalue weighted by molar-refractivity contribution is -0.115. The molecule has 1 aliphatic rings. The first kappa shape index (κ1) is 21.3. The number of benzene rings is 3. The van der Waals surface area contributed by atoms with Crippen LogP contribution >= 0.6 is 12.4 Å². The van der Waals surface area contributed by atoms with E-state index in [1.807, 2.05) is 66.7 Å². The van der Waals surface area contributed by atoms with Crippen molar-refractivity contribution in [3.05, 3.63) is 96.1 Å². The van der Waals surface area contributed by atoms with Crippen LogP contribution in [0.1, 0.15) is 11.1 Å². The maximum absolute atomic E-state index is 12.4. The van der Waals surface area contributed by atoms with Crippen LogP contribution in [0.4, 0.5) is 5.69 Å². The van der Waals surface area contributed by atoms with Crippen molar-refractivity contribution in [2.45, 2.75) is 6.42 Å². The van der Waals surface area contributed by atoms with Gasteiger partial charge in [0.2, 0.25) is 5.91 Å². The average Bonchev–Trinajstić information content (AvgIpc) is 3.28. The van der Waals surface area contributed by atoms with Gasteiger partial charge in [-0.1, -0.05) is 72.8 Å². The van der Waals surface area contributed by atoms with Gasteiger partial charge < -0.3 is 10.6 Å². The summed E-state index contributed by atoms with van der Waals surface area (Å²) >= 11 is 0. The second kappa shape index (κ2) is 10.4. The van der Waals surface area contributed by atoms with Crippen LogP contribution in [0.25, 0.3) is 17.2 Å². The SMILES string of the molecule is Cl.O=C(Cc1ccc(-c2ccccc2)cc1)Nc1ccc(/C=C/C2=NCCN2)cc1. The van der Waals surface area contributed by atoms with E-state index in [0.29, 0.717) is 6.42 Å². The molecule has 30 heavy (non-hydrogen) atoms. The molecule has 3 aromatic carbocycles. The summed E-state index contributed by atoms with van der Waals surface area (Å²) in [4.78, 5) is 16.7. The van der Waals surface area contributed by atoms with Crippen molar-refractivity contribution in [1.82, 2.24) is 5.32 Å². The highest BCUT2D eigenvalue weighted by Gasteiger charge is 2.05. The molecule has 2 N–H and O–H groups in total. The molecule has 0 aromatic heterocycles. The van der Waals surface area contributed by atoms with Crippen molar-refractivity contribution in [2.75, 3.05) is 18.4 Å². The molecule has 1 heterocycles. The summed E-state index contributed by atoms with van der Waals surface area (Å²) in [5, 5.41) is 6.17. The molecule has 3 aromatic rings. The third-order valence-corrected chi connectivity index (χ3v) is 4.75. The Bertz CT molecular complexity index is 1030. The van der Waals surface area contributed by atoms with Gasteiger partial charge in [0.05, 0.1) is 13.0 Å². The Morgan fingerprint density at radius 1 is 0.900 bits per heavy atom. The zero-order chi connectivity index (χ0) is 19.9. The number of aliphatic imine (C=N–C) groups is 1. The van der Waals surface area contributed by atoms with Gasteiger partial charge in [0.15, 0.2) is 0 Å². The van der Waals surface area contributed by atoms with Crippen LogP contribution in [0.5, 0.6) is 0 Å². The van der Waals surface area contributed by atoms with Crippen LogP contribution in [-0.4, -0.2) is 24.8 Å². The van der Waals surface area contributed by atoms with Crippen LogP contribution in [-0.2, 0) is 11.2 Å². The third kappa shape index (κ3) is 5.82. The molecule has 4 rings (SSSR count). The fourth-order valence-electron chi connectivity index (χ4n) is 3.22. The van der Waals surface area contributed by atoms with Crippen LogP contribution in [0.15, 0.2) is 89.9 Å². The minimum Gasteiger partial charge on any atom is -0.369 e. The summed E-state index contributed by atoms with van der Waals surface area (Å²) in [5.74, 6) is 0.894. The monoisotopic (exact) mass is 417 g/mol. The number of carbonyl (C=O) groups excluding carboxylic acids is 1. The lowest BCUT2D eigenvalue weighted by Crippen LogP contribution is -2.15. The second-order valence-electron chi connectivity index (χ2n) is 6.94. The molecule has 0 unspecified atom stereocenters. The fraction of sp³-hybridized carbons (Fsp3) is 0.120. The molecule has 0 saturated heterocycles. The number of nitrogens with one attached hydrogen (secondary N) is 2. The fourth-order valence-corrected chi connectivity index (χ4v) is 3.22. The standard InChI is InChI=1S/C25H23N3O.ClH/c29-25(18-20-6-11-22(12-7-20)21-4-2-1-3-5-21)28-23-13-8-19(9-14-23)10-15-24-26-16-17-27-24;/h1-15H,16-18H2,(H,26,27)(H,28,29);1H/b15-10+;. The molecule has 152 valence electrons. The summed E-state index contributed by atoms with van der Waals surface area (Å²) in [6, 6.07) is 26.2. The van der Waals surface area contributed by atoms with E-state index in [1.165, 1.54) is 5.56 Å². The lowest BCUT2D eigenvalue weighted by atomic mass is 10.0. The van der Waals surface area contributed by atoms with E-state index in [9.17, 15) is 4.79 Å². The highest BCUT2D eigenvalue weighted by molar-refractivity contribution is 5.97. The Balaban J connectivity index is 0.00000256. The molecule has 0 spiro atoms. The first-order valence-corrected chi connectivity index (χ1v) is 9.77. The van der Waals surface area contributed by atoms with Gasteiger partial charge in [0.25, 0.3) is 0 Å². The van der Waals surface area contributed by atoms with Crippen molar-refractivity contribution in [3.8, 4) is 11.1 Å². The van der Waals surface area contributed by atoms with E-state index >= 15 is 0 Å². The van der Waals surface area contributed by atoms with Gasteiger partial charge in [-0.3, -0.25) is 9.79 Å². The quantitative estimate of drug-likeness (QED) is 0.594. The summed E-state index contributed by atoms with van der Waals surface area (Å²) in [6.45, 7) is 1.74.